The topological polar surface area (TPSA) is 111 Å². The molecule has 3 rings (SSSR count). The predicted molar refractivity (Wildman–Crippen MR) is 108 cm³/mol. The first kappa shape index (κ1) is 19.8. The lowest BCUT2D eigenvalue weighted by atomic mass is 10.1. The van der Waals surface area contributed by atoms with Crippen molar-refractivity contribution in [2.24, 2.45) is 5.10 Å². The minimum Gasteiger partial charge on any atom is -0.504 e. The zero-order valence-corrected chi connectivity index (χ0v) is 15.7. The SMILES string of the molecule is Cc1cccc(COc2cccc(/C=N/NC(=O)c3cc(O)c(O)c(O)c3)c2)c1. The molecule has 0 fully saturated rings. The Morgan fingerprint density at radius 1 is 1.03 bits per heavy atom. The summed E-state index contributed by atoms with van der Waals surface area (Å²) >= 11 is 0. The minimum absolute atomic E-state index is 0.0508. The lowest BCUT2D eigenvalue weighted by Crippen LogP contribution is -2.17. The summed E-state index contributed by atoms with van der Waals surface area (Å²) < 4.78 is 5.79. The molecule has 0 heterocycles. The van der Waals surface area contributed by atoms with Crippen LogP contribution in [0.15, 0.2) is 65.8 Å². The smallest absolute Gasteiger partial charge is 0.271 e. The highest BCUT2D eigenvalue weighted by atomic mass is 16.5. The molecule has 1 amide bonds. The van der Waals surface area contributed by atoms with Gasteiger partial charge >= 0.3 is 0 Å². The quantitative estimate of drug-likeness (QED) is 0.292. The number of rotatable bonds is 6. The summed E-state index contributed by atoms with van der Waals surface area (Å²) in [5, 5.41) is 32.1. The van der Waals surface area contributed by atoms with Crippen molar-refractivity contribution in [3.63, 3.8) is 0 Å². The normalized spacial score (nSPS) is 10.8. The van der Waals surface area contributed by atoms with Crippen LogP contribution in [0, 0.1) is 6.92 Å². The maximum absolute atomic E-state index is 12.1. The van der Waals surface area contributed by atoms with Crippen molar-refractivity contribution in [3.8, 4) is 23.0 Å². The third-order valence-electron chi connectivity index (χ3n) is 4.06. The van der Waals surface area contributed by atoms with E-state index in [1.54, 1.807) is 12.1 Å². The Labute approximate surface area is 167 Å². The average Bonchev–Trinajstić information content (AvgIpc) is 2.70. The van der Waals surface area contributed by atoms with Crippen molar-refractivity contribution in [1.29, 1.82) is 0 Å². The van der Waals surface area contributed by atoms with Gasteiger partial charge in [0.25, 0.3) is 5.91 Å². The van der Waals surface area contributed by atoms with Gasteiger partial charge in [-0.25, -0.2) is 5.43 Å². The monoisotopic (exact) mass is 392 g/mol. The number of aromatic hydroxyl groups is 3. The standard InChI is InChI=1S/C22H20N2O5/c1-14-4-2-6-16(8-14)13-29-18-7-3-5-15(9-18)12-23-24-22(28)17-10-19(25)21(27)20(26)11-17/h2-12,25-27H,13H2,1H3,(H,24,28)/b23-12+. The number of hydrazone groups is 1. The summed E-state index contributed by atoms with van der Waals surface area (Å²) in [6.07, 6.45) is 1.44. The van der Waals surface area contributed by atoms with Crippen molar-refractivity contribution >= 4 is 12.1 Å². The predicted octanol–water partition coefficient (Wildman–Crippen LogP) is 3.45. The van der Waals surface area contributed by atoms with Gasteiger partial charge in [0.1, 0.15) is 12.4 Å². The van der Waals surface area contributed by atoms with Crippen molar-refractivity contribution in [2.75, 3.05) is 0 Å². The van der Waals surface area contributed by atoms with Crippen LogP contribution >= 0.6 is 0 Å². The summed E-state index contributed by atoms with van der Waals surface area (Å²) in [7, 11) is 0. The molecule has 0 aliphatic carbocycles. The van der Waals surface area contributed by atoms with E-state index in [9.17, 15) is 20.1 Å². The fraction of sp³-hybridized carbons (Fsp3) is 0.0909. The van der Waals surface area contributed by atoms with Crippen LogP contribution in [0.5, 0.6) is 23.0 Å². The molecule has 0 saturated carbocycles. The van der Waals surface area contributed by atoms with Gasteiger partial charge in [0.05, 0.1) is 6.21 Å². The van der Waals surface area contributed by atoms with Gasteiger partial charge in [0, 0.05) is 5.56 Å². The number of amides is 1. The molecule has 0 radical (unpaired) electrons. The second-order valence-corrected chi connectivity index (χ2v) is 6.41. The Morgan fingerprint density at radius 2 is 1.76 bits per heavy atom. The number of carbonyl (C=O) groups excluding carboxylic acids is 1. The van der Waals surface area contributed by atoms with Gasteiger partial charge in [-0.05, 0) is 42.3 Å². The second kappa shape index (κ2) is 8.79. The van der Waals surface area contributed by atoms with Crippen molar-refractivity contribution < 1.29 is 24.9 Å². The number of phenols is 3. The Morgan fingerprint density at radius 3 is 2.48 bits per heavy atom. The number of phenolic OH excluding ortho intramolecular Hbond substituents is 3. The number of aryl methyl sites for hydroxylation is 1. The lowest BCUT2D eigenvalue weighted by Gasteiger charge is -2.07. The van der Waals surface area contributed by atoms with E-state index in [0.717, 1.165) is 23.3 Å². The molecule has 0 bridgehead atoms. The van der Waals surface area contributed by atoms with Crippen LogP contribution in [0.25, 0.3) is 0 Å². The number of hydrogen-bond acceptors (Lipinski definition) is 6. The first-order valence-corrected chi connectivity index (χ1v) is 8.79. The Balaban J connectivity index is 1.61. The summed E-state index contributed by atoms with van der Waals surface area (Å²) in [6.45, 7) is 2.46. The van der Waals surface area contributed by atoms with E-state index in [1.807, 2.05) is 37.3 Å². The highest BCUT2D eigenvalue weighted by Crippen LogP contribution is 2.35. The second-order valence-electron chi connectivity index (χ2n) is 6.41. The van der Waals surface area contributed by atoms with Crippen LogP contribution in [-0.4, -0.2) is 27.4 Å². The van der Waals surface area contributed by atoms with Gasteiger partial charge in [-0.3, -0.25) is 4.79 Å². The summed E-state index contributed by atoms with van der Waals surface area (Å²) in [5.74, 6) is -1.88. The van der Waals surface area contributed by atoms with E-state index in [2.05, 4.69) is 16.6 Å². The van der Waals surface area contributed by atoms with E-state index in [0.29, 0.717) is 17.9 Å². The maximum atomic E-state index is 12.1. The molecule has 0 aliphatic rings. The van der Waals surface area contributed by atoms with E-state index in [-0.39, 0.29) is 5.56 Å². The number of nitrogens with zero attached hydrogens (tertiary/aromatic N) is 1. The van der Waals surface area contributed by atoms with Crippen LogP contribution < -0.4 is 10.2 Å². The van der Waals surface area contributed by atoms with Crippen LogP contribution in [0.2, 0.25) is 0 Å². The summed E-state index contributed by atoms with van der Waals surface area (Å²) in [4.78, 5) is 12.1. The number of carbonyl (C=O) groups is 1. The third-order valence-corrected chi connectivity index (χ3v) is 4.06. The highest BCUT2D eigenvalue weighted by molar-refractivity contribution is 5.96. The first-order valence-electron chi connectivity index (χ1n) is 8.79. The molecule has 0 aromatic heterocycles. The number of benzene rings is 3. The molecule has 148 valence electrons. The molecule has 7 heteroatoms. The van der Waals surface area contributed by atoms with E-state index < -0.39 is 23.2 Å². The molecule has 0 saturated heterocycles. The molecule has 29 heavy (non-hydrogen) atoms. The first-order chi connectivity index (χ1) is 13.9. The van der Waals surface area contributed by atoms with Crippen LogP contribution in [0.3, 0.4) is 0 Å². The zero-order chi connectivity index (χ0) is 20.8. The molecule has 7 nitrogen and oxygen atoms in total. The third kappa shape index (κ3) is 5.26. The summed E-state index contributed by atoms with van der Waals surface area (Å²) in [6, 6.07) is 17.3. The van der Waals surface area contributed by atoms with Gasteiger partial charge < -0.3 is 20.1 Å². The molecular weight excluding hydrogens is 372 g/mol. The molecule has 0 aliphatic heterocycles. The van der Waals surface area contributed by atoms with Gasteiger partial charge in [0.15, 0.2) is 17.2 Å². The minimum atomic E-state index is -0.687. The van der Waals surface area contributed by atoms with Gasteiger partial charge in [-0.15, -0.1) is 0 Å². The Bertz CT molecular complexity index is 1040. The fourth-order valence-electron chi connectivity index (χ4n) is 2.62. The number of nitrogens with one attached hydrogen (secondary N) is 1. The van der Waals surface area contributed by atoms with Gasteiger partial charge in [-0.2, -0.15) is 5.10 Å². The molecule has 0 unspecified atom stereocenters. The zero-order valence-electron chi connectivity index (χ0n) is 15.7. The highest BCUT2D eigenvalue weighted by Gasteiger charge is 2.12. The van der Waals surface area contributed by atoms with E-state index >= 15 is 0 Å². The molecular formula is C22H20N2O5. The van der Waals surface area contributed by atoms with Crippen LogP contribution in [0.4, 0.5) is 0 Å². The largest absolute Gasteiger partial charge is 0.504 e. The summed E-state index contributed by atoms with van der Waals surface area (Å²) in [5.41, 5.74) is 5.18. The molecule has 0 atom stereocenters. The average molecular weight is 392 g/mol. The van der Waals surface area contributed by atoms with Crippen LogP contribution in [-0.2, 0) is 6.61 Å². The Kier molecular flexibility index (Phi) is 5.99. The molecule has 3 aromatic rings. The number of hydrogen-bond donors (Lipinski definition) is 4. The van der Waals surface area contributed by atoms with E-state index in [1.165, 1.54) is 6.21 Å². The van der Waals surface area contributed by atoms with Gasteiger partial charge in [0.2, 0.25) is 0 Å². The molecule has 3 aromatic carbocycles. The lowest BCUT2D eigenvalue weighted by molar-refractivity contribution is 0.0954. The molecule has 4 N–H and O–H groups in total. The maximum Gasteiger partial charge on any atom is 0.271 e. The van der Waals surface area contributed by atoms with Crippen molar-refractivity contribution in [2.45, 2.75) is 13.5 Å². The van der Waals surface area contributed by atoms with Gasteiger partial charge in [-0.1, -0.05) is 42.0 Å². The molecule has 0 spiro atoms. The fourth-order valence-corrected chi connectivity index (χ4v) is 2.62. The van der Waals surface area contributed by atoms with Crippen LogP contribution in [0.1, 0.15) is 27.0 Å². The number of ether oxygens (including phenoxy) is 1. The van der Waals surface area contributed by atoms with Crippen molar-refractivity contribution in [1.82, 2.24) is 5.43 Å². The van der Waals surface area contributed by atoms with E-state index in [4.69, 9.17) is 4.74 Å². The van der Waals surface area contributed by atoms with Crippen molar-refractivity contribution in [3.05, 3.63) is 82.9 Å². The Hall–Kier alpha value is -4.00.